The Kier molecular flexibility index (Phi) is 7.87. The number of benzene rings is 2. The quantitative estimate of drug-likeness (QED) is 0.468. The highest BCUT2D eigenvalue weighted by molar-refractivity contribution is 8.00. The van der Waals surface area contributed by atoms with Crippen LogP contribution in [0.15, 0.2) is 53.6 Å². The van der Waals surface area contributed by atoms with E-state index in [1.165, 1.54) is 17.7 Å². The molecule has 0 fully saturated rings. The minimum Gasteiger partial charge on any atom is -0.366 e. The molecule has 0 aliphatic heterocycles. The van der Waals surface area contributed by atoms with Crippen molar-refractivity contribution < 1.29 is 14.0 Å². The number of aromatic nitrogens is 1. The standard InChI is InChI=1S/C26H28FN3O2S/c1-5-18-9-11-19(12-10-18)24(20-7-6-8-21(27)13-20)30-22(31)14-33-26-23(25(28)32)16(3)15(2)17(4)29-26/h6-13,24H,5,14H2,1-4H3,(H2,28,32)(H,30,31)/t24-/m1/s1. The van der Waals surface area contributed by atoms with Crippen LogP contribution in [-0.2, 0) is 11.2 Å². The maximum absolute atomic E-state index is 13.9. The molecule has 0 unspecified atom stereocenters. The van der Waals surface area contributed by atoms with Crippen LogP contribution in [0.5, 0.6) is 0 Å². The maximum Gasteiger partial charge on any atom is 0.251 e. The minimum absolute atomic E-state index is 0.0358. The number of thioether (sulfide) groups is 1. The Morgan fingerprint density at radius 2 is 1.76 bits per heavy atom. The van der Waals surface area contributed by atoms with Crippen LogP contribution in [0.25, 0.3) is 0 Å². The first-order valence-corrected chi connectivity index (χ1v) is 11.7. The average Bonchev–Trinajstić information content (AvgIpc) is 2.79. The number of carbonyl (C=O) groups is 2. The molecule has 3 N–H and O–H groups in total. The smallest absolute Gasteiger partial charge is 0.251 e. The van der Waals surface area contributed by atoms with Crippen LogP contribution in [0, 0.1) is 26.6 Å². The minimum atomic E-state index is -0.570. The number of primary amides is 1. The zero-order valence-electron chi connectivity index (χ0n) is 19.2. The number of hydrogen-bond acceptors (Lipinski definition) is 4. The van der Waals surface area contributed by atoms with Crippen LogP contribution in [0.3, 0.4) is 0 Å². The van der Waals surface area contributed by atoms with Crippen molar-refractivity contribution in [2.45, 2.75) is 45.2 Å². The van der Waals surface area contributed by atoms with Crippen LogP contribution in [0.2, 0.25) is 0 Å². The second-order valence-electron chi connectivity index (χ2n) is 7.93. The molecular weight excluding hydrogens is 437 g/mol. The average molecular weight is 466 g/mol. The zero-order chi connectivity index (χ0) is 24.1. The second-order valence-corrected chi connectivity index (χ2v) is 8.90. The summed E-state index contributed by atoms with van der Waals surface area (Å²) >= 11 is 1.16. The van der Waals surface area contributed by atoms with Crippen LogP contribution in [0.4, 0.5) is 4.39 Å². The molecule has 1 aromatic heterocycles. The Morgan fingerprint density at radius 3 is 2.36 bits per heavy atom. The number of halogens is 1. The molecule has 0 saturated heterocycles. The molecule has 7 heteroatoms. The van der Waals surface area contributed by atoms with Crippen LogP contribution < -0.4 is 11.1 Å². The number of nitrogens with zero attached hydrogens (tertiary/aromatic N) is 1. The summed E-state index contributed by atoms with van der Waals surface area (Å²) in [6, 6.07) is 13.6. The molecule has 0 aliphatic carbocycles. The zero-order valence-corrected chi connectivity index (χ0v) is 20.1. The highest BCUT2D eigenvalue weighted by Crippen LogP contribution is 2.28. The first-order valence-electron chi connectivity index (χ1n) is 10.7. The Labute approximate surface area is 198 Å². The molecule has 0 saturated carbocycles. The van der Waals surface area contributed by atoms with Gasteiger partial charge >= 0.3 is 0 Å². The first-order chi connectivity index (χ1) is 15.7. The number of nitrogens with one attached hydrogen (secondary N) is 1. The number of amides is 2. The fraction of sp³-hybridized carbons (Fsp3) is 0.269. The van der Waals surface area contributed by atoms with E-state index in [-0.39, 0.29) is 17.5 Å². The van der Waals surface area contributed by atoms with Gasteiger partial charge in [-0.05, 0) is 67.1 Å². The van der Waals surface area contributed by atoms with Crippen molar-refractivity contribution in [3.63, 3.8) is 0 Å². The van der Waals surface area contributed by atoms with Gasteiger partial charge in [-0.1, -0.05) is 55.1 Å². The molecular formula is C26H28FN3O2S. The molecule has 0 radical (unpaired) electrons. The molecule has 5 nitrogen and oxygen atoms in total. The monoisotopic (exact) mass is 465 g/mol. The van der Waals surface area contributed by atoms with Crippen molar-refractivity contribution >= 4 is 23.6 Å². The summed E-state index contributed by atoms with van der Waals surface area (Å²) in [5.41, 5.74) is 11.1. The van der Waals surface area contributed by atoms with Gasteiger partial charge in [0.15, 0.2) is 0 Å². The Bertz CT molecular complexity index is 1180. The molecule has 172 valence electrons. The summed E-state index contributed by atoms with van der Waals surface area (Å²) in [7, 11) is 0. The summed E-state index contributed by atoms with van der Waals surface area (Å²) in [5.74, 6) is -1.16. The van der Waals surface area contributed by atoms with E-state index in [4.69, 9.17) is 5.73 Å². The lowest BCUT2D eigenvalue weighted by Crippen LogP contribution is -2.31. The third-order valence-electron chi connectivity index (χ3n) is 5.76. The maximum atomic E-state index is 13.9. The van der Waals surface area contributed by atoms with Crippen LogP contribution in [-0.4, -0.2) is 22.6 Å². The third-order valence-corrected chi connectivity index (χ3v) is 6.73. The molecule has 2 amide bonds. The number of aryl methyl sites for hydroxylation is 2. The molecule has 33 heavy (non-hydrogen) atoms. The van der Waals surface area contributed by atoms with E-state index in [0.717, 1.165) is 40.6 Å². The predicted octanol–water partition coefficient (Wildman–Crippen LogP) is 4.81. The lowest BCUT2D eigenvalue weighted by molar-refractivity contribution is -0.119. The summed E-state index contributed by atoms with van der Waals surface area (Å²) in [6.07, 6.45) is 0.901. The SMILES string of the molecule is CCc1ccc([C@@H](NC(=O)CSc2nc(C)c(C)c(C)c2C(N)=O)c2cccc(F)c2)cc1. The normalized spacial score (nSPS) is 11.8. The molecule has 0 bridgehead atoms. The van der Waals surface area contributed by atoms with Gasteiger partial charge in [0.2, 0.25) is 5.91 Å². The summed E-state index contributed by atoms with van der Waals surface area (Å²) in [5, 5.41) is 3.44. The van der Waals surface area contributed by atoms with E-state index in [1.807, 2.05) is 45.0 Å². The van der Waals surface area contributed by atoms with Gasteiger partial charge in [0.25, 0.3) is 5.91 Å². The van der Waals surface area contributed by atoms with Gasteiger partial charge in [0, 0.05) is 5.69 Å². The van der Waals surface area contributed by atoms with Crippen molar-refractivity contribution in [1.82, 2.24) is 10.3 Å². The summed E-state index contributed by atoms with van der Waals surface area (Å²) in [4.78, 5) is 29.4. The number of rotatable bonds is 8. The Balaban J connectivity index is 1.84. The molecule has 2 aromatic carbocycles. The molecule has 1 heterocycles. The molecule has 0 aliphatic rings. The van der Waals surface area contributed by atoms with Gasteiger partial charge in [0.05, 0.1) is 17.4 Å². The van der Waals surface area contributed by atoms with E-state index in [9.17, 15) is 14.0 Å². The number of hydrogen-bond donors (Lipinski definition) is 2. The third kappa shape index (κ3) is 5.79. The first kappa shape index (κ1) is 24.5. The number of pyridine rings is 1. The predicted molar refractivity (Wildman–Crippen MR) is 130 cm³/mol. The molecule has 1 atom stereocenters. The van der Waals surface area contributed by atoms with E-state index in [0.29, 0.717) is 16.2 Å². The van der Waals surface area contributed by atoms with Crippen molar-refractivity contribution in [2.24, 2.45) is 5.73 Å². The van der Waals surface area contributed by atoms with E-state index in [2.05, 4.69) is 17.2 Å². The summed E-state index contributed by atoms with van der Waals surface area (Å²) in [6.45, 7) is 7.64. The Morgan fingerprint density at radius 1 is 1.06 bits per heavy atom. The number of carbonyl (C=O) groups excluding carboxylic acids is 2. The fourth-order valence-electron chi connectivity index (χ4n) is 3.63. The topological polar surface area (TPSA) is 85.1 Å². The second kappa shape index (κ2) is 10.6. The van der Waals surface area contributed by atoms with E-state index >= 15 is 0 Å². The largest absolute Gasteiger partial charge is 0.366 e. The summed E-state index contributed by atoms with van der Waals surface area (Å²) < 4.78 is 13.9. The van der Waals surface area contributed by atoms with Gasteiger partial charge in [0.1, 0.15) is 10.8 Å². The van der Waals surface area contributed by atoms with Crippen molar-refractivity contribution in [3.05, 3.63) is 93.4 Å². The highest BCUT2D eigenvalue weighted by Gasteiger charge is 2.21. The van der Waals surface area contributed by atoms with E-state index < -0.39 is 11.9 Å². The van der Waals surface area contributed by atoms with Crippen molar-refractivity contribution in [2.75, 3.05) is 5.75 Å². The highest BCUT2D eigenvalue weighted by atomic mass is 32.2. The number of nitrogens with two attached hydrogens (primary N) is 1. The fourth-order valence-corrected chi connectivity index (χ4v) is 4.58. The van der Waals surface area contributed by atoms with Gasteiger partial charge in [-0.25, -0.2) is 9.37 Å². The molecule has 3 rings (SSSR count). The van der Waals surface area contributed by atoms with Crippen molar-refractivity contribution in [3.8, 4) is 0 Å². The molecule has 0 spiro atoms. The van der Waals surface area contributed by atoms with Gasteiger partial charge < -0.3 is 11.1 Å². The Hall–Kier alpha value is -3.19. The van der Waals surface area contributed by atoms with Gasteiger partial charge in [-0.3, -0.25) is 9.59 Å². The van der Waals surface area contributed by atoms with E-state index in [1.54, 1.807) is 12.1 Å². The van der Waals surface area contributed by atoms with Crippen molar-refractivity contribution in [1.29, 1.82) is 0 Å². The van der Waals surface area contributed by atoms with Gasteiger partial charge in [-0.15, -0.1) is 0 Å². The molecule has 3 aromatic rings. The lowest BCUT2D eigenvalue weighted by Gasteiger charge is -2.20. The van der Waals surface area contributed by atoms with Gasteiger partial charge in [-0.2, -0.15) is 0 Å². The lowest BCUT2D eigenvalue weighted by atomic mass is 9.97. The van der Waals surface area contributed by atoms with Crippen LogP contribution >= 0.6 is 11.8 Å². The van der Waals surface area contributed by atoms with Crippen LogP contribution in [0.1, 0.15) is 56.8 Å².